The normalized spacial score (nSPS) is 37.6. The quantitative estimate of drug-likeness (QED) is 0.826. The van der Waals surface area contributed by atoms with E-state index in [9.17, 15) is 0 Å². The van der Waals surface area contributed by atoms with Gasteiger partial charge in [0, 0.05) is 36.2 Å². The van der Waals surface area contributed by atoms with Crippen LogP contribution in [-0.2, 0) is 0 Å². The van der Waals surface area contributed by atoms with Gasteiger partial charge < -0.3 is 5.32 Å². The van der Waals surface area contributed by atoms with Gasteiger partial charge in [-0.25, -0.2) is 0 Å². The minimum atomic E-state index is 0.456. The summed E-state index contributed by atoms with van der Waals surface area (Å²) in [6.07, 6.45) is 5.45. The fourth-order valence-corrected chi connectivity index (χ4v) is 5.44. The van der Waals surface area contributed by atoms with E-state index >= 15 is 0 Å². The van der Waals surface area contributed by atoms with Crippen LogP contribution in [0.4, 0.5) is 0 Å². The summed E-state index contributed by atoms with van der Waals surface area (Å²) in [7, 11) is 0. The van der Waals surface area contributed by atoms with Crippen molar-refractivity contribution < 1.29 is 0 Å². The summed E-state index contributed by atoms with van der Waals surface area (Å²) < 4.78 is 0. The zero-order valence-corrected chi connectivity index (χ0v) is 15.6. The van der Waals surface area contributed by atoms with Crippen LogP contribution in [0.2, 0.25) is 0 Å². The van der Waals surface area contributed by atoms with Gasteiger partial charge in [0.05, 0.1) is 0 Å². The van der Waals surface area contributed by atoms with Crippen molar-refractivity contribution in [1.29, 1.82) is 0 Å². The number of thioether (sulfide) groups is 1. The minimum Gasteiger partial charge on any atom is -0.313 e. The predicted molar refractivity (Wildman–Crippen MR) is 96.2 cm³/mol. The summed E-state index contributed by atoms with van der Waals surface area (Å²) in [5.41, 5.74) is 0.456. The maximum atomic E-state index is 3.90. The maximum absolute atomic E-state index is 3.90. The molecule has 0 amide bonds. The standard InChI is InChI=1S/C18H36N2S/c1-6-10-19-17-16(8-7-9-18(17,4)5)13-20-11-12-21-15(3)14(20)2/h14-17,19H,6-13H2,1-5H3. The fraction of sp³-hybridized carbons (Fsp3) is 1.00. The molecule has 0 aromatic rings. The zero-order chi connectivity index (χ0) is 15.5. The van der Waals surface area contributed by atoms with Crippen molar-refractivity contribution >= 4 is 11.8 Å². The number of hydrogen-bond acceptors (Lipinski definition) is 3. The van der Waals surface area contributed by atoms with E-state index < -0.39 is 0 Å². The molecule has 1 saturated carbocycles. The Balaban J connectivity index is 2.01. The summed E-state index contributed by atoms with van der Waals surface area (Å²) >= 11 is 2.15. The minimum absolute atomic E-state index is 0.456. The van der Waals surface area contributed by atoms with Crippen molar-refractivity contribution in [3.8, 4) is 0 Å². The third-order valence-electron chi connectivity index (χ3n) is 5.81. The van der Waals surface area contributed by atoms with E-state index in [-0.39, 0.29) is 0 Å². The highest BCUT2D eigenvalue weighted by Crippen LogP contribution is 2.40. The number of nitrogens with zero attached hydrogens (tertiary/aromatic N) is 1. The van der Waals surface area contributed by atoms with Crippen molar-refractivity contribution in [3.63, 3.8) is 0 Å². The molecule has 4 unspecified atom stereocenters. The van der Waals surface area contributed by atoms with Crippen molar-refractivity contribution in [3.05, 3.63) is 0 Å². The molecule has 1 saturated heterocycles. The molecule has 0 spiro atoms. The molecule has 2 nitrogen and oxygen atoms in total. The highest BCUT2D eigenvalue weighted by Gasteiger charge is 2.40. The zero-order valence-electron chi connectivity index (χ0n) is 14.8. The average molecular weight is 313 g/mol. The first-order valence-electron chi connectivity index (χ1n) is 9.04. The molecule has 1 N–H and O–H groups in total. The highest BCUT2D eigenvalue weighted by molar-refractivity contribution is 8.00. The number of nitrogens with one attached hydrogen (secondary N) is 1. The molecule has 1 aliphatic heterocycles. The van der Waals surface area contributed by atoms with Crippen LogP contribution in [0.15, 0.2) is 0 Å². The van der Waals surface area contributed by atoms with Crippen molar-refractivity contribution in [2.75, 3.05) is 25.4 Å². The molecule has 2 aliphatic rings. The number of rotatable bonds is 5. The Kier molecular flexibility index (Phi) is 6.46. The van der Waals surface area contributed by atoms with Gasteiger partial charge in [-0.3, -0.25) is 4.90 Å². The summed E-state index contributed by atoms with van der Waals surface area (Å²) in [5.74, 6) is 2.15. The van der Waals surface area contributed by atoms with Crippen molar-refractivity contribution in [2.45, 2.75) is 77.6 Å². The molecule has 0 bridgehead atoms. The van der Waals surface area contributed by atoms with E-state index in [1.54, 1.807) is 0 Å². The summed E-state index contributed by atoms with van der Waals surface area (Å²) in [4.78, 5) is 2.77. The SMILES string of the molecule is CCCNC1C(CN2CCSC(C)C2C)CCCC1(C)C. The molecule has 0 aromatic carbocycles. The van der Waals surface area contributed by atoms with Crippen LogP contribution in [0, 0.1) is 11.3 Å². The lowest BCUT2D eigenvalue weighted by atomic mass is 9.67. The Morgan fingerprint density at radius 3 is 2.76 bits per heavy atom. The van der Waals surface area contributed by atoms with E-state index in [4.69, 9.17) is 0 Å². The highest BCUT2D eigenvalue weighted by atomic mass is 32.2. The van der Waals surface area contributed by atoms with Gasteiger partial charge in [0.25, 0.3) is 0 Å². The molecular weight excluding hydrogens is 276 g/mol. The molecule has 4 atom stereocenters. The summed E-state index contributed by atoms with van der Waals surface area (Å²) in [5, 5.41) is 4.68. The Labute approximate surface area is 136 Å². The second kappa shape index (κ2) is 7.70. The molecule has 3 heteroatoms. The van der Waals surface area contributed by atoms with Crippen LogP contribution in [0.3, 0.4) is 0 Å². The largest absolute Gasteiger partial charge is 0.313 e. The maximum Gasteiger partial charge on any atom is 0.0184 e. The van der Waals surface area contributed by atoms with Gasteiger partial charge in [-0.2, -0.15) is 11.8 Å². The second-order valence-corrected chi connectivity index (χ2v) is 9.37. The molecule has 21 heavy (non-hydrogen) atoms. The fourth-order valence-electron chi connectivity index (χ4n) is 4.27. The van der Waals surface area contributed by atoms with E-state index in [0.29, 0.717) is 11.5 Å². The molecule has 0 radical (unpaired) electrons. The Morgan fingerprint density at radius 2 is 2.05 bits per heavy atom. The Morgan fingerprint density at radius 1 is 1.29 bits per heavy atom. The first-order valence-corrected chi connectivity index (χ1v) is 10.1. The van der Waals surface area contributed by atoms with Gasteiger partial charge in [-0.05, 0) is 44.1 Å². The molecule has 1 heterocycles. The summed E-state index contributed by atoms with van der Waals surface area (Å²) in [6.45, 7) is 15.8. The van der Waals surface area contributed by atoms with Crippen molar-refractivity contribution in [2.24, 2.45) is 11.3 Å². The molecule has 0 aromatic heterocycles. The van der Waals surface area contributed by atoms with Gasteiger partial charge in [0.15, 0.2) is 0 Å². The second-order valence-electron chi connectivity index (χ2n) is 7.88. The van der Waals surface area contributed by atoms with Gasteiger partial charge >= 0.3 is 0 Å². The predicted octanol–water partition coefficient (Wildman–Crippen LogP) is 4.01. The first-order chi connectivity index (χ1) is 9.95. The smallest absolute Gasteiger partial charge is 0.0184 e. The molecule has 2 fully saturated rings. The number of hydrogen-bond donors (Lipinski definition) is 1. The monoisotopic (exact) mass is 312 g/mol. The summed E-state index contributed by atoms with van der Waals surface area (Å²) in [6, 6.07) is 1.43. The van der Waals surface area contributed by atoms with Crippen LogP contribution < -0.4 is 5.32 Å². The first kappa shape index (κ1) is 17.6. The van der Waals surface area contributed by atoms with Crippen LogP contribution in [-0.4, -0.2) is 47.6 Å². The van der Waals surface area contributed by atoms with Gasteiger partial charge in [-0.15, -0.1) is 0 Å². The lowest BCUT2D eigenvalue weighted by Crippen LogP contribution is -2.55. The molecular formula is C18H36N2S. The topological polar surface area (TPSA) is 15.3 Å². The Bertz CT molecular complexity index is 318. The molecule has 2 rings (SSSR count). The van der Waals surface area contributed by atoms with E-state index in [1.807, 2.05) is 0 Å². The van der Waals surface area contributed by atoms with Crippen LogP contribution in [0.1, 0.15) is 60.3 Å². The lowest BCUT2D eigenvalue weighted by molar-refractivity contribution is 0.0680. The van der Waals surface area contributed by atoms with Gasteiger partial charge in [0.1, 0.15) is 0 Å². The van der Waals surface area contributed by atoms with Crippen LogP contribution >= 0.6 is 11.8 Å². The van der Waals surface area contributed by atoms with Crippen molar-refractivity contribution in [1.82, 2.24) is 10.2 Å². The Hall–Kier alpha value is 0.270. The molecule has 124 valence electrons. The van der Waals surface area contributed by atoms with E-state index in [1.165, 1.54) is 51.1 Å². The molecule has 1 aliphatic carbocycles. The van der Waals surface area contributed by atoms with Gasteiger partial charge in [-0.1, -0.05) is 34.1 Å². The van der Waals surface area contributed by atoms with E-state index in [2.05, 4.69) is 56.6 Å². The van der Waals surface area contributed by atoms with Crippen LogP contribution in [0.5, 0.6) is 0 Å². The lowest BCUT2D eigenvalue weighted by Gasteiger charge is -2.48. The van der Waals surface area contributed by atoms with E-state index in [0.717, 1.165) is 17.2 Å². The van der Waals surface area contributed by atoms with Crippen LogP contribution in [0.25, 0.3) is 0 Å². The average Bonchev–Trinajstić information content (AvgIpc) is 2.42. The van der Waals surface area contributed by atoms with Gasteiger partial charge in [0.2, 0.25) is 0 Å². The third-order valence-corrected chi connectivity index (χ3v) is 7.15. The third kappa shape index (κ3) is 4.39.